The van der Waals surface area contributed by atoms with Gasteiger partial charge in [0, 0.05) is 55.6 Å². The molecule has 0 N–H and O–H groups in total. The maximum atomic E-state index is 4.71. The van der Waals surface area contributed by atoms with Crippen LogP contribution in [-0.2, 0) is 0 Å². The second-order valence-corrected chi connectivity index (χ2v) is 6.67. The molecule has 4 rings (SSSR count). The Hall–Kier alpha value is -2.76. The molecule has 6 heteroatoms. The second-order valence-electron chi connectivity index (χ2n) is 6.67. The number of aromatic nitrogens is 4. The van der Waals surface area contributed by atoms with E-state index < -0.39 is 0 Å². The smallest absolute Gasteiger partial charge is 0.133 e. The fourth-order valence-corrected chi connectivity index (χ4v) is 3.18. The first-order valence-electron chi connectivity index (χ1n) is 8.73. The Morgan fingerprint density at radius 2 is 1.76 bits per heavy atom. The molecule has 0 bridgehead atoms. The van der Waals surface area contributed by atoms with Gasteiger partial charge in [-0.2, -0.15) is 0 Å². The van der Waals surface area contributed by atoms with E-state index in [4.69, 9.17) is 4.98 Å². The summed E-state index contributed by atoms with van der Waals surface area (Å²) in [6.07, 6.45) is 5.33. The largest absolute Gasteiger partial charge is 0.368 e. The molecule has 1 fully saturated rings. The minimum atomic E-state index is 0.348. The lowest BCUT2D eigenvalue weighted by atomic mass is 10.2. The topological polar surface area (TPSA) is 58.0 Å². The molecular formula is C19H22N6. The molecule has 25 heavy (non-hydrogen) atoms. The Morgan fingerprint density at radius 3 is 2.56 bits per heavy atom. The zero-order chi connectivity index (χ0) is 17.2. The number of fused-ring (bicyclic) bond motifs is 1. The summed E-state index contributed by atoms with van der Waals surface area (Å²) in [7, 11) is 0. The standard InChI is InChI=1S/C19H22N6/c1-14(2)19-21-6-5-18(23-19)25-9-7-24(8-10-25)16-3-4-17-15(11-16)12-20-13-22-17/h3-6,11-14H,7-10H2,1-2H3. The minimum Gasteiger partial charge on any atom is -0.368 e. The number of hydrogen-bond acceptors (Lipinski definition) is 6. The lowest BCUT2D eigenvalue weighted by molar-refractivity contribution is 0.642. The molecule has 3 aromatic rings. The molecule has 0 atom stereocenters. The zero-order valence-electron chi connectivity index (χ0n) is 14.6. The summed E-state index contributed by atoms with van der Waals surface area (Å²) in [5.41, 5.74) is 2.21. The van der Waals surface area contributed by atoms with Crippen LogP contribution in [0.1, 0.15) is 25.6 Å². The highest BCUT2D eigenvalue weighted by atomic mass is 15.3. The highest BCUT2D eigenvalue weighted by Gasteiger charge is 2.19. The van der Waals surface area contributed by atoms with Crippen molar-refractivity contribution in [2.24, 2.45) is 0 Å². The maximum absolute atomic E-state index is 4.71. The third kappa shape index (κ3) is 3.24. The average molecular weight is 334 g/mol. The van der Waals surface area contributed by atoms with Crippen molar-refractivity contribution in [3.63, 3.8) is 0 Å². The third-order valence-corrected chi connectivity index (χ3v) is 4.63. The molecule has 128 valence electrons. The van der Waals surface area contributed by atoms with E-state index in [9.17, 15) is 0 Å². The van der Waals surface area contributed by atoms with Gasteiger partial charge in [0.25, 0.3) is 0 Å². The summed E-state index contributed by atoms with van der Waals surface area (Å²) in [4.78, 5) is 22.2. The van der Waals surface area contributed by atoms with E-state index in [-0.39, 0.29) is 0 Å². The molecule has 0 saturated carbocycles. The SMILES string of the molecule is CC(C)c1nccc(N2CCN(c3ccc4ncncc4c3)CC2)n1. The molecule has 1 saturated heterocycles. The van der Waals surface area contributed by atoms with Crippen LogP contribution < -0.4 is 9.80 Å². The normalized spacial score (nSPS) is 15.2. The first kappa shape index (κ1) is 15.7. The Kier molecular flexibility index (Phi) is 4.17. The average Bonchev–Trinajstić information content (AvgIpc) is 2.68. The van der Waals surface area contributed by atoms with Gasteiger partial charge in [-0.25, -0.2) is 19.9 Å². The number of rotatable bonds is 3. The van der Waals surface area contributed by atoms with E-state index in [1.807, 2.05) is 18.5 Å². The van der Waals surface area contributed by atoms with Crippen LogP contribution in [0.15, 0.2) is 43.0 Å². The van der Waals surface area contributed by atoms with Crippen LogP contribution in [0.4, 0.5) is 11.5 Å². The van der Waals surface area contributed by atoms with Crippen LogP contribution in [0.25, 0.3) is 10.9 Å². The van der Waals surface area contributed by atoms with E-state index in [0.29, 0.717) is 5.92 Å². The molecule has 0 spiro atoms. The number of piperazine rings is 1. The van der Waals surface area contributed by atoms with Crippen molar-refractivity contribution in [3.05, 3.63) is 48.8 Å². The van der Waals surface area contributed by atoms with Gasteiger partial charge in [-0.3, -0.25) is 0 Å². The summed E-state index contributed by atoms with van der Waals surface area (Å²) in [5.74, 6) is 2.29. The predicted molar refractivity (Wildman–Crippen MR) is 100 cm³/mol. The summed E-state index contributed by atoms with van der Waals surface area (Å²) in [6.45, 7) is 8.11. The zero-order valence-corrected chi connectivity index (χ0v) is 14.6. The highest BCUT2D eigenvalue weighted by Crippen LogP contribution is 2.23. The van der Waals surface area contributed by atoms with Crippen LogP contribution in [-0.4, -0.2) is 46.1 Å². The summed E-state index contributed by atoms with van der Waals surface area (Å²) >= 11 is 0. The van der Waals surface area contributed by atoms with E-state index in [1.165, 1.54) is 5.69 Å². The number of nitrogens with zero attached hydrogens (tertiary/aromatic N) is 6. The Balaban J connectivity index is 1.48. The molecule has 0 radical (unpaired) electrons. The molecule has 0 unspecified atom stereocenters. The van der Waals surface area contributed by atoms with Crippen LogP contribution in [0, 0.1) is 0 Å². The van der Waals surface area contributed by atoms with Crippen LogP contribution >= 0.6 is 0 Å². The van der Waals surface area contributed by atoms with E-state index >= 15 is 0 Å². The monoisotopic (exact) mass is 334 g/mol. The molecule has 0 aliphatic carbocycles. The molecule has 1 aliphatic rings. The second kappa shape index (κ2) is 6.63. The first-order chi connectivity index (χ1) is 12.2. The van der Waals surface area contributed by atoms with Crippen LogP contribution in [0.5, 0.6) is 0 Å². The molecule has 3 heterocycles. The fraction of sp³-hybridized carbons (Fsp3) is 0.368. The van der Waals surface area contributed by atoms with Gasteiger partial charge in [0.15, 0.2) is 0 Å². The van der Waals surface area contributed by atoms with Crippen molar-refractivity contribution in [2.75, 3.05) is 36.0 Å². The van der Waals surface area contributed by atoms with Gasteiger partial charge >= 0.3 is 0 Å². The maximum Gasteiger partial charge on any atom is 0.133 e. The van der Waals surface area contributed by atoms with Gasteiger partial charge in [0.2, 0.25) is 0 Å². The van der Waals surface area contributed by atoms with Crippen molar-refractivity contribution in [1.82, 2.24) is 19.9 Å². The summed E-state index contributed by atoms with van der Waals surface area (Å²) < 4.78 is 0. The van der Waals surface area contributed by atoms with Crippen molar-refractivity contribution < 1.29 is 0 Å². The van der Waals surface area contributed by atoms with Crippen LogP contribution in [0.2, 0.25) is 0 Å². The van der Waals surface area contributed by atoms with Gasteiger partial charge in [-0.05, 0) is 24.3 Å². The van der Waals surface area contributed by atoms with Gasteiger partial charge in [0.1, 0.15) is 18.0 Å². The molecular weight excluding hydrogens is 312 g/mol. The Labute approximate surface area is 147 Å². The van der Waals surface area contributed by atoms with E-state index in [2.05, 4.69) is 56.8 Å². The van der Waals surface area contributed by atoms with Crippen LogP contribution in [0.3, 0.4) is 0 Å². The fourth-order valence-electron chi connectivity index (χ4n) is 3.18. The highest BCUT2D eigenvalue weighted by molar-refractivity contribution is 5.81. The van der Waals surface area contributed by atoms with Gasteiger partial charge in [0.05, 0.1) is 5.52 Å². The summed E-state index contributed by atoms with van der Waals surface area (Å²) in [5, 5.41) is 1.08. The van der Waals surface area contributed by atoms with Gasteiger partial charge in [-0.15, -0.1) is 0 Å². The number of hydrogen-bond donors (Lipinski definition) is 0. The first-order valence-corrected chi connectivity index (χ1v) is 8.73. The lowest BCUT2D eigenvalue weighted by Gasteiger charge is -2.36. The number of benzene rings is 1. The Bertz CT molecular complexity index is 870. The van der Waals surface area contributed by atoms with Gasteiger partial charge < -0.3 is 9.80 Å². The predicted octanol–water partition coefficient (Wildman–Crippen LogP) is 2.87. The van der Waals surface area contributed by atoms with Gasteiger partial charge in [-0.1, -0.05) is 13.8 Å². The van der Waals surface area contributed by atoms with E-state index in [1.54, 1.807) is 6.33 Å². The van der Waals surface area contributed by atoms with Crippen molar-refractivity contribution in [2.45, 2.75) is 19.8 Å². The molecule has 1 aromatic carbocycles. The summed E-state index contributed by atoms with van der Waals surface area (Å²) in [6, 6.07) is 8.39. The molecule has 0 amide bonds. The lowest BCUT2D eigenvalue weighted by Crippen LogP contribution is -2.46. The van der Waals surface area contributed by atoms with E-state index in [0.717, 1.165) is 48.7 Å². The third-order valence-electron chi connectivity index (χ3n) is 4.63. The van der Waals surface area contributed by atoms with Crippen molar-refractivity contribution in [1.29, 1.82) is 0 Å². The minimum absolute atomic E-state index is 0.348. The molecule has 2 aromatic heterocycles. The quantitative estimate of drug-likeness (QED) is 0.734. The number of anilines is 2. The molecule has 1 aliphatic heterocycles. The van der Waals surface area contributed by atoms with Crippen molar-refractivity contribution >= 4 is 22.4 Å². The van der Waals surface area contributed by atoms with Crippen molar-refractivity contribution in [3.8, 4) is 0 Å². The molecule has 6 nitrogen and oxygen atoms in total. The Morgan fingerprint density at radius 1 is 0.960 bits per heavy atom.